The number of rotatable bonds is 5. The maximum atomic E-state index is 13.4. The highest BCUT2D eigenvalue weighted by Crippen LogP contribution is 2.38. The average Bonchev–Trinajstić information content (AvgIpc) is 3.40. The predicted octanol–water partition coefficient (Wildman–Crippen LogP) is 3.53. The van der Waals surface area contributed by atoms with Crippen LogP contribution in [0.15, 0.2) is 60.8 Å². The number of imide groups is 1. The molecule has 0 saturated carbocycles. The van der Waals surface area contributed by atoms with E-state index in [4.69, 9.17) is 0 Å². The monoisotopic (exact) mass is 385 g/mol. The van der Waals surface area contributed by atoms with Gasteiger partial charge in [0.2, 0.25) is 0 Å². The summed E-state index contributed by atoms with van der Waals surface area (Å²) in [4.78, 5) is 34.1. The first-order valence-electron chi connectivity index (χ1n) is 9.56. The number of nitrogens with one attached hydrogen (secondary N) is 2. The number of nitrogens with zero attached hydrogens (tertiary/aromatic N) is 1. The van der Waals surface area contributed by atoms with E-state index >= 15 is 0 Å². The van der Waals surface area contributed by atoms with E-state index in [1.165, 1.54) is 11.0 Å². The molecule has 2 aromatic carbocycles. The van der Waals surface area contributed by atoms with Gasteiger partial charge in [-0.1, -0.05) is 36.4 Å². The Labute approximate surface area is 166 Å². The molecule has 29 heavy (non-hydrogen) atoms. The predicted molar refractivity (Wildman–Crippen MR) is 112 cm³/mol. The smallest absolute Gasteiger partial charge is 0.266 e. The first-order chi connectivity index (χ1) is 14.2. The number of para-hydroxylation sites is 2. The highest BCUT2D eigenvalue weighted by atomic mass is 16.3. The molecule has 6 heteroatoms. The number of aromatic amines is 2. The molecule has 1 aliphatic heterocycles. The molecular weight excluding hydrogens is 366 g/mol. The van der Waals surface area contributed by atoms with Crippen molar-refractivity contribution in [2.75, 3.05) is 11.5 Å². The Balaban J connectivity index is 1.62. The van der Waals surface area contributed by atoms with Gasteiger partial charge in [0.25, 0.3) is 11.8 Å². The maximum Gasteiger partial charge on any atom is 0.266 e. The van der Waals surface area contributed by atoms with Crippen molar-refractivity contribution >= 4 is 44.9 Å². The lowest BCUT2D eigenvalue weighted by atomic mass is 10.1. The number of H-pyrrole nitrogens is 2. The van der Waals surface area contributed by atoms with E-state index < -0.39 is 0 Å². The largest absolute Gasteiger partial charge is 0.396 e. The normalized spacial score (nSPS) is 14.4. The Kier molecular flexibility index (Phi) is 4.07. The number of hydrogen-bond donors (Lipinski definition) is 3. The van der Waals surface area contributed by atoms with Crippen LogP contribution in [0.4, 0.5) is 5.69 Å². The number of carbonyl (C=O) groups excluding carboxylic acids is 2. The van der Waals surface area contributed by atoms with Gasteiger partial charge in [-0.3, -0.25) is 9.59 Å². The zero-order valence-corrected chi connectivity index (χ0v) is 15.6. The van der Waals surface area contributed by atoms with Crippen LogP contribution in [0.2, 0.25) is 0 Å². The molecule has 4 aromatic rings. The minimum atomic E-state index is -0.356. The molecule has 2 aromatic heterocycles. The fourth-order valence-corrected chi connectivity index (χ4v) is 4.04. The Morgan fingerprint density at radius 2 is 1.66 bits per heavy atom. The number of aryl methyl sites for hydroxylation is 1. The molecule has 0 atom stereocenters. The number of hydrogen-bond acceptors (Lipinski definition) is 3. The van der Waals surface area contributed by atoms with Crippen molar-refractivity contribution in [1.29, 1.82) is 0 Å². The van der Waals surface area contributed by atoms with Gasteiger partial charge in [-0.2, -0.15) is 0 Å². The van der Waals surface area contributed by atoms with Gasteiger partial charge in [-0.15, -0.1) is 0 Å². The Bertz CT molecular complexity index is 1300. The summed E-state index contributed by atoms with van der Waals surface area (Å²) in [6.07, 6.45) is 4.27. The number of aliphatic hydroxyl groups excluding tert-OH is 1. The molecule has 5 rings (SSSR count). The van der Waals surface area contributed by atoms with Crippen molar-refractivity contribution in [2.45, 2.75) is 12.8 Å². The van der Waals surface area contributed by atoms with Gasteiger partial charge in [0.15, 0.2) is 0 Å². The van der Waals surface area contributed by atoms with Gasteiger partial charge in [0.05, 0.1) is 11.3 Å². The lowest BCUT2D eigenvalue weighted by molar-refractivity contribution is -0.119. The van der Waals surface area contributed by atoms with Crippen LogP contribution < -0.4 is 4.90 Å². The molecular formula is C23H19N3O3. The zero-order valence-electron chi connectivity index (χ0n) is 15.6. The number of aromatic nitrogens is 2. The van der Waals surface area contributed by atoms with Gasteiger partial charge >= 0.3 is 0 Å². The van der Waals surface area contributed by atoms with Crippen molar-refractivity contribution in [3.05, 3.63) is 72.1 Å². The second-order valence-corrected chi connectivity index (χ2v) is 7.11. The quantitative estimate of drug-likeness (QED) is 0.459. The van der Waals surface area contributed by atoms with E-state index in [1.807, 2.05) is 48.5 Å². The van der Waals surface area contributed by atoms with Crippen molar-refractivity contribution in [2.24, 2.45) is 0 Å². The fourth-order valence-electron chi connectivity index (χ4n) is 4.04. The Morgan fingerprint density at radius 3 is 2.45 bits per heavy atom. The van der Waals surface area contributed by atoms with Crippen LogP contribution in [-0.4, -0.2) is 33.5 Å². The van der Waals surface area contributed by atoms with E-state index in [1.54, 1.807) is 6.20 Å². The third-order valence-electron chi connectivity index (χ3n) is 5.36. The zero-order chi connectivity index (χ0) is 20.0. The van der Waals surface area contributed by atoms with Crippen LogP contribution in [0.3, 0.4) is 0 Å². The average molecular weight is 385 g/mol. The second-order valence-electron chi connectivity index (χ2n) is 7.11. The minimum absolute atomic E-state index is 0.0372. The summed E-state index contributed by atoms with van der Waals surface area (Å²) in [6.45, 7) is 0.0372. The second kappa shape index (κ2) is 6.76. The molecule has 6 nitrogen and oxygen atoms in total. The first kappa shape index (κ1) is 17.5. The van der Waals surface area contributed by atoms with Crippen LogP contribution in [0.1, 0.15) is 17.7 Å². The van der Waals surface area contributed by atoms with Gasteiger partial charge < -0.3 is 15.1 Å². The number of aliphatic hydroxyl groups is 1. The van der Waals surface area contributed by atoms with E-state index in [-0.39, 0.29) is 18.4 Å². The lowest BCUT2D eigenvalue weighted by Crippen LogP contribution is -2.31. The van der Waals surface area contributed by atoms with Crippen LogP contribution in [0, 0.1) is 0 Å². The molecule has 0 saturated heterocycles. The number of amides is 2. The molecule has 0 aliphatic carbocycles. The highest BCUT2D eigenvalue weighted by Gasteiger charge is 2.36. The minimum Gasteiger partial charge on any atom is -0.396 e. The molecule has 0 radical (unpaired) electrons. The van der Waals surface area contributed by atoms with E-state index in [9.17, 15) is 14.7 Å². The van der Waals surface area contributed by atoms with E-state index in [0.29, 0.717) is 24.1 Å². The van der Waals surface area contributed by atoms with Crippen molar-refractivity contribution in [3.63, 3.8) is 0 Å². The summed E-state index contributed by atoms with van der Waals surface area (Å²) in [5, 5.41) is 11.0. The van der Waals surface area contributed by atoms with Crippen LogP contribution in [-0.2, 0) is 16.0 Å². The molecule has 0 unspecified atom stereocenters. The Morgan fingerprint density at radius 1 is 0.931 bits per heavy atom. The summed E-state index contributed by atoms with van der Waals surface area (Å²) in [5.41, 5.74) is 4.23. The molecule has 3 N–H and O–H groups in total. The number of fused-ring (bicyclic) bond motifs is 2. The third kappa shape index (κ3) is 2.68. The van der Waals surface area contributed by atoms with Crippen molar-refractivity contribution in [1.82, 2.24) is 9.97 Å². The molecule has 144 valence electrons. The summed E-state index contributed by atoms with van der Waals surface area (Å²) in [6, 6.07) is 15.3. The number of benzene rings is 2. The molecule has 3 heterocycles. The molecule has 0 spiro atoms. The maximum absolute atomic E-state index is 13.4. The first-order valence-corrected chi connectivity index (χ1v) is 9.56. The van der Waals surface area contributed by atoms with Crippen molar-refractivity contribution in [3.8, 4) is 0 Å². The van der Waals surface area contributed by atoms with Crippen LogP contribution >= 0.6 is 0 Å². The van der Waals surface area contributed by atoms with Gasteiger partial charge in [0, 0.05) is 51.9 Å². The van der Waals surface area contributed by atoms with Gasteiger partial charge in [-0.25, -0.2) is 4.90 Å². The van der Waals surface area contributed by atoms with E-state index in [0.717, 1.165) is 33.1 Å². The summed E-state index contributed by atoms with van der Waals surface area (Å²) in [7, 11) is 0. The lowest BCUT2D eigenvalue weighted by Gasteiger charge is -2.16. The molecule has 1 aliphatic rings. The SMILES string of the molecule is O=C1C=C(c2c[nH]c3ccccc23)C(=O)N1c1c(CCCO)[nH]c2ccccc12. The highest BCUT2D eigenvalue weighted by molar-refractivity contribution is 6.45. The summed E-state index contributed by atoms with van der Waals surface area (Å²) >= 11 is 0. The number of anilines is 1. The van der Waals surface area contributed by atoms with Crippen LogP contribution in [0.25, 0.3) is 27.4 Å². The summed E-state index contributed by atoms with van der Waals surface area (Å²) < 4.78 is 0. The third-order valence-corrected chi connectivity index (χ3v) is 5.36. The van der Waals surface area contributed by atoms with Gasteiger partial charge in [0.1, 0.15) is 0 Å². The fraction of sp³-hybridized carbons (Fsp3) is 0.130. The molecule has 0 fully saturated rings. The Hall–Kier alpha value is -3.64. The van der Waals surface area contributed by atoms with E-state index in [2.05, 4.69) is 9.97 Å². The van der Waals surface area contributed by atoms with Crippen molar-refractivity contribution < 1.29 is 14.7 Å². The van der Waals surface area contributed by atoms with Gasteiger partial charge in [-0.05, 0) is 25.0 Å². The molecule has 0 bridgehead atoms. The molecule has 2 amide bonds. The number of carbonyl (C=O) groups is 2. The summed E-state index contributed by atoms with van der Waals surface area (Å²) in [5.74, 6) is -0.694. The standard InChI is InChI=1S/C23H19N3O3/c27-11-5-10-20-22(15-7-2-4-9-19(15)25-20)26-21(28)12-16(23(26)29)17-13-24-18-8-3-1-6-14(17)18/h1-4,6-9,12-13,24-25,27H,5,10-11H2. The van der Waals surface area contributed by atoms with Crippen LogP contribution in [0.5, 0.6) is 0 Å². The topological polar surface area (TPSA) is 89.2 Å².